The van der Waals surface area contributed by atoms with E-state index in [-0.39, 0.29) is 28.5 Å². The monoisotopic (exact) mass is 342 g/mol. The zero-order valence-corrected chi connectivity index (χ0v) is 13.1. The van der Waals surface area contributed by atoms with Crippen LogP contribution in [0.3, 0.4) is 0 Å². The highest BCUT2D eigenvalue weighted by molar-refractivity contribution is 6.30. The second kappa shape index (κ2) is 7.90. The largest absolute Gasteiger partial charge is 0.457 e. The molecule has 0 heterocycles. The smallest absolute Gasteiger partial charge is 0.349 e. The van der Waals surface area contributed by atoms with Crippen molar-refractivity contribution >= 4 is 29.3 Å². The lowest BCUT2D eigenvalue weighted by Gasteiger charge is -2.04. The van der Waals surface area contributed by atoms with Crippen molar-refractivity contribution in [1.29, 1.82) is 5.26 Å². The van der Waals surface area contributed by atoms with Gasteiger partial charge in [-0.15, -0.1) is 0 Å². The molecule has 24 heavy (non-hydrogen) atoms. The zero-order valence-electron chi connectivity index (χ0n) is 12.3. The molecule has 0 unspecified atom stereocenters. The van der Waals surface area contributed by atoms with Crippen molar-refractivity contribution in [3.8, 4) is 6.07 Å². The van der Waals surface area contributed by atoms with Gasteiger partial charge in [0.2, 0.25) is 0 Å². The quantitative estimate of drug-likeness (QED) is 0.270. The van der Waals surface area contributed by atoms with E-state index in [0.717, 1.165) is 11.6 Å². The summed E-state index contributed by atoms with van der Waals surface area (Å²) < 4.78 is 5.05. The summed E-state index contributed by atoms with van der Waals surface area (Å²) in [5.41, 5.74) is 0.205. The van der Waals surface area contributed by atoms with Crippen molar-refractivity contribution in [3.63, 3.8) is 0 Å². The normalized spacial score (nSPS) is 10.8. The molecule has 6 nitrogen and oxygen atoms in total. The molecule has 0 aromatic heterocycles. The number of halogens is 1. The van der Waals surface area contributed by atoms with Gasteiger partial charge in [-0.1, -0.05) is 41.9 Å². The maximum atomic E-state index is 12.0. The first-order valence-electron chi connectivity index (χ1n) is 6.78. The van der Waals surface area contributed by atoms with E-state index in [4.69, 9.17) is 21.6 Å². The van der Waals surface area contributed by atoms with Gasteiger partial charge in [0.15, 0.2) is 0 Å². The minimum absolute atomic E-state index is 0.00364. The van der Waals surface area contributed by atoms with Crippen LogP contribution in [0.25, 0.3) is 6.08 Å². The van der Waals surface area contributed by atoms with Crippen molar-refractivity contribution in [2.75, 3.05) is 0 Å². The molecule has 0 spiro atoms. The molecule has 0 N–H and O–H groups in total. The molecular formula is C17H11ClN2O4. The standard InChI is InChI=1S/C17H11ClN2O4/c18-15-6-7-16(20(22)23)13(9-15)8-14(10-19)17(21)24-11-12-4-2-1-3-5-12/h1-9H,11H2. The number of nitriles is 1. The summed E-state index contributed by atoms with van der Waals surface area (Å²) in [6.45, 7) is -0.00364. The van der Waals surface area contributed by atoms with Gasteiger partial charge in [0.05, 0.1) is 10.5 Å². The number of hydrogen-bond donors (Lipinski definition) is 0. The fourth-order valence-corrected chi connectivity index (χ4v) is 2.08. The SMILES string of the molecule is N#CC(=Cc1cc(Cl)ccc1[N+](=O)[O-])C(=O)OCc1ccccc1. The molecule has 0 atom stereocenters. The average molecular weight is 343 g/mol. The number of hydrogen-bond acceptors (Lipinski definition) is 5. The van der Waals surface area contributed by atoms with Crippen LogP contribution in [0.5, 0.6) is 0 Å². The van der Waals surface area contributed by atoms with Crippen LogP contribution in [0.1, 0.15) is 11.1 Å². The van der Waals surface area contributed by atoms with Gasteiger partial charge >= 0.3 is 5.97 Å². The summed E-state index contributed by atoms with van der Waals surface area (Å²) in [5, 5.41) is 20.4. The summed E-state index contributed by atoms with van der Waals surface area (Å²) in [7, 11) is 0. The van der Waals surface area contributed by atoms with Crippen molar-refractivity contribution in [2.45, 2.75) is 6.61 Å². The molecule has 0 aliphatic rings. The zero-order chi connectivity index (χ0) is 17.5. The highest BCUT2D eigenvalue weighted by Crippen LogP contribution is 2.25. The Labute approximate surface area is 142 Å². The van der Waals surface area contributed by atoms with Crippen LogP contribution in [-0.2, 0) is 16.1 Å². The minimum atomic E-state index is -0.865. The summed E-state index contributed by atoms with van der Waals surface area (Å²) in [5.74, 6) is -0.865. The number of carbonyl (C=O) groups is 1. The topological polar surface area (TPSA) is 93.2 Å². The van der Waals surface area contributed by atoms with Crippen molar-refractivity contribution in [1.82, 2.24) is 0 Å². The van der Waals surface area contributed by atoms with Gasteiger partial charge in [-0.25, -0.2) is 4.79 Å². The third-order valence-corrected chi connectivity index (χ3v) is 3.27. The van der Waals surface area contributed by atoms with E-state index in [1.165, 1.54) is 18.2 Å². The molecule has 0 amide bonds. The van der Waals surface area contributed by atoms with Crippen LogP contribution in [0, 0.1) is 21.4 Å². The van der Waals surface area contributed by atoms with Crippen LogP contribution in [0.4, 0.5) is 5.69 Å². The van der Waals surface area contributed by atoms with Gasteiger partial charge in [-0.2, -0.15) is 5.26 Å². The maximum absolute atomic E-state index is 12.0. The number of nitro benzene ring substituents is 1. The lowest BCUT2D eigenvalue weighted by atomic mass is 10.1. The Kier molecular flexibility index (Phi) is 5.66. The lowest BCUT2D eigenvalue weighted by Crippen LogP contribution is -2.07. The number of nitrogens with zero attached hydrogens (tertiary/aromatic N) is 2. The summed E-state index contributed by atoms with van der Waals surface area (Å²) in [6, 6.07) is 14.5. The third-order valence-electron chi connectivity index (χ3n) is 3.04. The first-order valence-corrected chi connectivity index (χ1v) is 7.16. The predicted octanol–water partition coefficient (Wildman–Crippen LogP) is 3.90. The molecule has 0 saturated heterocycles. The molecule has 2 rings (SSSR count). The van der Waals surface area contributed by atoms with E-state index >= 15 is 0 Å². The summed E-state index contributed by atoms with van der Waals surface area (Å²) in [4.78, 5) is 22.4. The molecule has 2 aromatic carbocycles. The number of benzene rings is 2. The Morgan fingerprint density at radius 2 is 2.00 bits per heavy atom. The van der Waals surface area contributed by atoms with E-state index in [1.807, 2.05) is 6.07 Å². The molecule has 2 aromatic rings. The first-order chi connectivity index (χ1) is 11.5. The minimum Gasteiger partial charge on any atom is -0.457 e. The Hall–Kier alpha value is -3.17. The average Bonchev–Trinajstić information content (AvgIpc) is 2.58. The van der Waals surface area contributed by atoms with Crippen molar-refractivity contribution < 1.29 is 14.5 Å². The fraction of sp³-hybridized carbons (Fsp3) is 0.0588. The van der Waals surface area contributed by atoms with Crippen molar-refractivity contribution in [3.05, 3.63) is 80.4 Å². The second-order valence-electron chi connectivity index (χ2n) is 4.69. The number of nitro groups is 1. The van der Waals surface area contributed by atoms with Crippen LogP contribution < -0.4 is 0 Å². The second-order valence-corrected chi connectivity index (χ2v) is 5.13. The van der Waals surface area contributed by atoms with Gasteiger partial charge in [0.25, 0.3) is 5.69 Å². The van der Waals surface area contributed by atoms with Crippen LogP contribution in [0.2, 0.25) is 5.02 Å². The first kappa shape index (κ1) is 17.2. The number of ether oxygens (including phenoxy) is 1. The lowest BCUT2D eigenvalue weighted by molar-refractivity contribution is -0.385. The van der Waals surface area contributed by atoms with Gasteiger partial charge in [0, 0.05) is 11.1 Å². The molecule has 0 saturated carbocycles. The summed E-state index contributed by atoms with van der Waals surface area (Å²) >= 11 is 5.82. The highest BCUT2D eigenvalue weighted by Gasteiger charge is 2.17. The van der Waals surface area contributed by atoms with Crippen LogP contribution in [0.15, 0.2) is 54.1 Å². The predicted molar refractivity (Wildman–Crippen MR) is 87.9 cm³/mol. The van der Waals surface area contributed by atoms with Gasteiger partial charge in [-0.05, 0) is 23.8 Å². The Morgan fingerprint density at radius 3 is 2.62 bits per heavy atom. The van der Waals surface area contributed by atoms with Gasteiger partial charge < -0.3 is 4.74 Å². The van der Waals surface area contributed by atoms with E-state index in [9.17, 15) is 14.9 Å². The van der Waals surface area contributed by atoms with Gasteiger partial charge in [-0.3, -0.25) is 10.1 Å². The van der Waals surface area contributed by atoms with Gasteiger partial charge in [0.1, 0.15) is 18.2 Å². The third kappa shape index (κ3) is 4.41. The molecule has 120 valence electrons. The van der Waals surface area contributed by atoms with Crippen LogP contribution in [-0.4, -0.2) is 10.9 Å². The number of rotatable bonds is 5. The molecular weight excluding hydrogens is 332 g/mol. The Bertz CT molecular complexity index is 841. The van der Waals surface area contributed by atoms with E-state index in [2.05, 4.69) is 0 Å². The fourth-order valence-electron chi connectivity index (χ4n) is 1.90. The molecule has 0 radical (unpaired) electrons. The maximum Gasteiger partial charge on any atom is 0.349 e. The Balaban J connectivity index is 2.23. The van der Waals surface area contributed by atoms with E-state index in [0.29, 0.717) is 0 Å². The molecule has 0 bridgehead atoms. The summed E-state index contributed by atoms with van der Waals surface area (Å²) in [6.07, 6.45) is 1.09. The molecule has 0 aliphatic carbocycles. The Morgan fingerprint density at radius 1 is 1.29 bits per heavy atom. The van der Waals surface area contributed by atoms with Crippen molar-refractivity contribution in [2.24, 2.45) is 0 Å². The number of carbonyl (C=O) groups excluding carboxylic acids is 1. The number of esters is 1. The van der Waals surface area contributed by atoms with E-state index in [1.54, 1.807) is 30.3 Å². The molecule has 7 heteroatoms. The molecule has 0 aliphatic heterocycles. The molecule has 0 fully saturated rings. The van der Waals surface area contributed by atoms with E-state index < -0.39 is 10.9 Å². The highest BCUT2D eigenvalue weighted by atomic mass is 35.5. The van der Waals surface area contributed by atoms with Crippen LogP contribution >= 0.6 is 11.6 Å².